The third-order valence-corrected chi connectivity index (χ3v) is 5.29. The van der Waals surface area contributed by atoms with Crippen molar-refractivity contribution in [1.29, 1.82) is 0 Å². The maximum Gasteiger partial charge on any atom is 0.114 e. The Hall–Kier alpha value is 0.0900. The zero-order valence-corrected chi connectivity index (χ0v) is 12.0. The maximum atomic E-state index is 10.1. The number of hydrogen-bond donors (Lipinski definition) is 1. The van der Waals surface area contributed by atoms with Gasteiger partial charge in [-0.2, -0.15) is 0 Å². The summed E-state index contributed by atoms with van der Waals surface area (Å²) < 4.78 is 1.22. The van der Waals surface area contributed by atoms with Gasteiger partial charge in [0.1, 0.15) is 6.10 Å². The van der Waals surface area contributed by atoms with E-state index in [1.807, 2.05) is 17.5 Å². The van der Waals surface area contributed by atoms with Gasteiger partial charge in [0.15, 0.2) is 0 Å². The molecule has 0 aliphatic rings. The van der Waals surface area contributed by atoms with Gasteiger partial charge in [-0.3, -0.25) is 0 Å². The molecule has 0 radical (unpaired) electrons. The van der Waals surface area contributed by atoms with Crippen LogP contribution in [0.15, 0.2) is 23.6 Å². The van der Waals surface area contributed by atoms with Crippen LogP contribution in [0.25, 0.3) is 0 Å². The zero-order chi connectivity index (χ0) is 10.8. The fourth-order valence-corrected chi connectivity index (χ4v) is 3.72. The molecule has 0 saturated heterocycles. The predicted molar refractivity (Wildman–Crippen MR) is 74.8 cm³/mol. The van der Waals surface area contributed by atoms with Crippen LogP contribution in [-0.4, -0.2) is 5.11 Å². The van der Waals surface area contributed by atoms with Crippen molar-refractivity contribution in [3.63, 3.8) is 0 Å². The summed E-state index contributed by atoms with van der Waals surface area (Å²) in [5.41, 5.74) is 1.01. The van der Waals surface area contributed by atoms with Crippen molar-refractivity contribution in [3.05, 3.63) is 41.8 Å². The molecule has 80 valence electrons. The Bertz CT molecular complexity index is 447. The van der Waals surface area contributed by atoms with Crippen molar-refractivity contribution < 1.29 is 5.11 Å². The van der Waals surface area contributed by atoms with Gasteiger partial charge in [0.05, 0.1) is 2.88 Å². The molecule has 2 rings (SSSR count). The molecule has 4 heteroatoms. The molecule has 2 aromatic heterocycles. The first-order chi connectivity index (χ1) is 7.20. The fourth-order valence-electron chi connectivity index (χ4n) is 1.36. The number of thiophene rings is 2. The molecule has 1 N–H and O–H groups in total. The third kappa shape index (κ3) is 2.61. The van der Waals surface area contributed by atoms with E-state index in [4.69, 9.17) is 0 Å². The van der Waals surface area contributed by atoms with Gasteiger partial charge in [-0.05, 0) is 58.2 Å². The Morgan fingerprint density at radius 3 is 2.80 bits per heavy atom. The molecule has 2 heterocycles. The van der Waals surface area contributed by atoms with Gasteiger partial charge < -0.3 is 5.11 Å². The molecule has 2 aromatic rings. The minimum Gasteiger partial charge on any atom is -0.383 e. The van der Waals surface area contributed by atoms with Crippen LogP contribution in [0.4, 0.5) is 0 Å². The number of aliphatic hydroxyl groups excluding tert-OH is 1. The summed E-state index contributed by atoms with van der Waals surface area (Å²) in [5, 5.41) is 12.2. The molecule has 0 bridgehead atoms. The highest BCUT2D eigenvalue weighted by Gasteiger charge is 2.13. The van der Waals surface area contributed by atoms with Crippen LogP contribution < -0.4 is 0 Å². The van der Waals surface area contributed by atoms with Gasteiger partial charge in [-0.1, -0.05) is 6.92 Å². The molecule has 15 heavy (non-hydrogen) atoms. The highest BCUT2D eigenvalue weighted by molar-refractivity contribution is 14.1. The maximum absolute atomic E-state index is 10.1. The lowest BCUT2D eigenvalue weighted by atomic mass is 10.2. The molecule has 0 aliphatic carbocycles. The van der Waals surface area contributed by atoms with Gasteiger partial charge in [-0.25, -0.2) is 0 Å². The van der Waals surface area contributed by atoms with Crippen molar-refractivity contribution >= 4 is 45.3 Å². The first-order valence-electron chi connectivity index (χ1n) is 4.71. The Labute approximate surface area is 111 Å². The number of hydrogen-bond acceptors (Lipinski definition) is 3. The lowest BCUT2D eigenvalue weighted by Gasteiger charge is -2.04. The van der Waals surface area contributed by atoms with Gasteiger partial charge in [0.25, 0.3) is 0 Å². The minimum atomic E-state index is -0.449. The average molecular weight is 350 g/mol. The van der Waals surface area contributed by atoms with Crippen LogP contribution in [0, 0.1) is 2.88 Å². The second-order valence-corrected chi connectivity index (χ2v) is 7.25. The molecule has 0 amide bonds. The molecular formula is C11H11IOS2. The van der Waals surface area contributed by atoms with Crippen LogP contribution >= 0.6 is 45.3 Å². The fraction of sp³-hybridized carbons (Fsp3) is 0.273. The third-order valence-electron chi connectivity index (χ3n) is 2.20. The van der Waals surface area contributed by atoms with Crippen molar-refractivity contribution in [3.8, 4) is 0 Å². The molecule has 1 unspecified atom stereocenters. The van der Waals surface area contributed by atoms with Crippen LogP contribution in [0.3, 0.4) is 0 Å². The lowest BCUT2D eigenvalue weighted by Crippen LogP contribution is -1.93. The first kappa shape index (κ1) is 11.6. The van der Waals surface area contributed by atoms with E-state index in [0.717, 1.165) is 16.9 Å². The predicted octanol–water partition coefficient (Wildman–Crippen LogP) is 4.06. The van der Waals surface area contributed by atoms with Gasteiger partial charge in [-0.15, -0.1) is 22.7 Å². The SMILES string of the molecule is CCc1ccc(C(O)c2csc(I)c2)s1. The van der Waals surface area contributed by atoms with Gasteiger partial charge in [0, 0.05) is 9.75 Å². The van der Waals surface area contributed by atoms with Crippen LogP contribution in [0.1, 0.15) is 28.3 Å². The highest BCUT2D eigenvalue weighted by Crippen LogP contribution is 2.31. The Kier molecular flexibility index (Phi) is 3.82. The molecule has 1 atom stereocenters. The Balaban J connectivity index is 2.23. The van der Waals surface area contributed by atoms with Crippen molar-refractivity contribution in [2.24, 2.45) is 0 Å². The van der Waals surface area contributed by atoms with E-state index in [2.05, 4.69) is 35.6 Å². The zero-order valence-electron chi connectivity index (χ0n) is 8.24. The van der Waals surface area contributed by atoms with E-state index in [9.17, 15) is 5.11 Å². The molecule has 0 aliphatic heterocycles. The van der Waals surface area contributed by atoms with Crippen molar-refractivity contribution in [1.82, 2.24) is 0 Å². The van der Waals surface area contributed by atoms with Gasteiger partial charge >= 0.3 is 0 Å². The lowest BCUT2D eigenvalue weighted by molar-refractivity contribution is 0.224. The summed E-state index contributed by atoms with van der Waals surface area (Å²) in [6.07, 6.45) is 0.591. The summed E-state index contributed by atoms with van der Waals surface area (Å²) in [6, 6.07) is 6.17. The minimum absolute atomic E-state index is 0.449. The van der Waals surface area contributed by atoms with Crippen LogP contribution in [0.5, 0.6) is 0 Å². The summed E-state index contributed by atoms with van der Waals surface area (Å²) in [4.78, 5) is 2.37. The van der Waals surface area contributed by atoms with Gasteiger partial charge in [0.2, 0.25) is 0 Å². The van der Waals surface area contributed by atoms with E-state index < -0.39 is 6.10 Å². The molecule has 1 nitrogen and oxygen atoms in total. The number of aliphatic hydroxyl groups is 1. The summed E-state index contributed by atoms with van der Waals surface area (Å²) in [6.45, 7) is 2.13. The second kappa shape index (κ2) is 4.95. The normalized spacial score (nSPS) is 13.0. The molecule has 0 aromatic carbocycles. The van der Waals surface area contributed by atoms with E-state index in [1.165, 1.54) is 7.76 Å². The van der Waals surface area contributed by atoms with E-state index in [1.54, 1.807) is 22.7 Å². The standard InChI is InChI=1S/C11H11IOS2/c1-2-8-3-4-9(15-8)11(13)7-5-10(12)14-6-7/h3-6,11,13H,2H2,1H3. The van der Waals surface area contributed by atoms with E-state index >= 15 is 0 Å². The summed E-state index contributed by atoms with van der Waals surface area (Å²) >= 11 is 5.65. The van der Waals surface area contributed by atoms with E-state index in [0.29, 0.717) is 0 Å². The number of aryl methyl sites for hydroxylation is 1. The second-order valence-electron chi connectivity index (χ2n) is 3.24. The average Bonchev–Trinajstić information content (AvgIpc) is 2.84. The highest BCUT2D eigenvalue weighted by atomic mass is 127. The molecule has 0 saturated carbocycles. The van der Waals surface area contributed by atoms with Crippen molar-refractivity contribution in [2.75, 3.05) is 0 Å². The number of rotatable bonds is 3. The monoisotopic (exact) mass is 350 g/mol. The van der Waals surface area contributed by atoms with E-state index in [-0.39, 0.29) is 0 Å². The first-order valence-corrected chi connectivity index (χ1v) is 7.48. The molecular weight excluding hydrogens is 339 g/mol. The molecule has 0 spiro atoms. The van der Waals surface area contributed by atoms with Crippen LogP contribution in [0.2, 0.25) is 0 Å². The Morgan fingerprint density at radius 2 is 2.27 bits per heavy atom. The summed E-state index contributed by atoms with van der Waals surface area (Å²) in [7, 11) is 0. The number of halogens is 1. The quantitative estimate of drug-likeness (QED) is 0.828. The van der Waals surface area contributed by atoms with Crippen molar-refractivity contribution in [2.45, 2.75) is 19.4 Å². The smallest absolute Gasteiger partial charge is 0.114 e. The molecule has 0 fully saturated rings. The topological polar surface area (TPSA) is 20.2 Å². The largest absolute Gasteiger partial charge is 0.383 e. The summed E-state index contributed by atoms with van der Waals surface area (Å²) in [5.74, 6) is 0. The van der Waals surface area contributed by atoms with Crippen LogP contribution in [-0.2, 0) is 6.42 Å². The Morgan fingerprint density at radius 1 is 1.47 bits per heavy atom.